The summed E-state index contributed by atoms with van der Waals surface area (Å²) in [5.74, 6) is 1.28. The predicted octanol–water partition coefficient (Wildman–Crippen LogP) is 4.19. The third-order valence-electron chi connectivity index (χ3n) is 4.03. The molecule has 0 aromatic heterocycles. The van der Waals surface area contributed by atoms with Crippen molar-refractivity contribution in [2.75, 3.05) is 5.75 Å². The summed E-state index contributed by atoms with van der Waals surface area (Å²) in [5, 5.41) is 0.772. The van der Waals surface area contributed by atoms with E-state index in [1.807, 2.05) is 0 Å². The van der Waals surface area contributed by atoms with E-state index in [-0.39, 0.29) is 0 Å². The molecule has 3 rings (SSSR count). The van der Waals surface area contributed by atoms with Gasteiger partial charge in [0.25, 0.3) is 0 Å². The van der Waals surface area contributed by atoms with Gasteiger partial charge in [0.05, 0.1) is 0 Å². The van der Waals surface area contributed by atoms with Crippen molar-refractivity contribution < 1.29 is 0 Å². The highest BCUT2D eigenvalue weighted by molar-refractivity contribution is 7.98. The SMILES string of the molecule is CC1=Cc2ccccc2[S+]2CC(C)=C(C)CC12. The molecule has 1 aromatic rings. The van der Waals surface area contributed by atoms with Crippen LogP contribution in [0.5, 0.6) is 0 Å². The molecule has 0 radical (unpaired) electrons. The van der Waals surface area contributed by atoms with E-state index in [1.165, 1.54) is 17.7 Å². The molecule has 2 unspecified atom stereocenters. The van der Waals surface area contributed by atoms with Crippen molar-refractivity contribution >= 4 is 17.0 Å². The molecule has 0 aliphatic carbocycles. The van der Waals surface area contributed by atoms with Crippen molar-refractivity contribution in [1.82, 2.24) is 0 Å². The highest BCUT2D eigenvalue weighted by Gasteiger charge is 2.41. The Hall–Kier alpha value is -0.950. The van der Waals surface area contributed by atoms with Gasteiger partial charge < -0.3 is 0 Å². The molecule has 2 aliphatic rings. The van der Waals surface area contributed by atoms with Gasteiger partial charge >= 0.3 is 0 Å². The molecule has 0 nitrogen and oxygen atoms in total. The Morgan fingerprint density at radius 3 is 2.65 bits per heavy atom. The van der Waals surface area contributed by atoms with Crippen LogP contribution < -0.4 is 0 Å². The maximum Gasteiger partial charge on any atom is 0.163 e. The maximum atomic E-state index is 2.40. The third kappa shape index (κ3) is 1.77. The summed E-state index contributed by atoms with van der Waals surface area (Å²) < 4.78 is 0. The van der Waals surface area contributed by atoms with Gasteiger partial charge in [-0.3, -0.25) is 0 Å². The highest BCUT2D eigenvalue weighted by Crippen LogP contribution is 2.40. The summed E-state index contributed by atoms with van der Waals surface area (Å²) in [4.78, 5) is 1.59. The molecule has 0 N–H and O–H groups in total. The second-order valence-electron chi connectivity index (χ2n) is 5.25. The molecule has 1 aromatic carbocycles. The number of benzene rings is 1. The van der Waals surface area contributed by atoms with Gasteiger partial charge in [0.1, 0.15) is 11.0 Å². The van der Waals surface area contributed by atoms with Gasteiger partial charge in [-0.05, 0) is 50.1 Å². The molecule has 0 amide bonds. The molecule has 2 heterocycles. The van der Waals surface area contributed by atoms with Crippen molar-refractivity contribution in [1.29, 1.82) is 0 Å². The quantitative estimate of drug-likeness (QED) is 0.473. The number of fused-ring (bicyclic) bond motifs is 3. The molecular weight excluding hydrogens is 224 g/mol. The molecule has 1 heteroatoms. The van der Waals surface area contributed by atoms with Crippen molar-refractivity contribution in [3.05, 3.63) is 46.5 Å². The third-order valence-corrected chi connectivity index (χ3v) is 6.93. The van der Waals surface area contributed by atoms with Gasteiger partial charge in [-0.25, -0.2) is 0 Å². The fraction of sp³-hybridized carbons (Fsp3) is 0.375. The second-order valence-corrected chi connectivity index (χ2v) is 7.41. The Morgan fingerprint density at radius 1 is 1.06 bits per heavy atom. The largest absolute Gasteiger partial charge is 0.163 e. The lowest BCUT2D eigenvalue weighted by Gasteiger charge is -2.29. The first-order valence-corrected chi connectivity index (χ1v) is 7.74. The average molecular weight is 243 g/mol. The minimum atomic E-state index is 0.415. The highest BCUT2D eigenvalue weighted by atomic mass is 32.2. The van der Waals surface area contributed by atoms with Crippen molar-refractivity contribution in [2.45, 2.75) is 37.3 Å². The van der Waals surface area contributed by atoms with Gasteiger partial charge in [-0.1, -0.05) is 17.7 Å². The van der Waals surface area contributed by atoms with Gasteiger partial charge in [0.2, 0.25) is 0 Å². The topological polar surface area (TPSA) is 0 Å². The predicted molar refractivity (Wildman–Crippen MR) is 77.4 cm³/mol. The summed E-state index contributed by atoms with van der Waals surface area (Å²) in [7, 11) is 0.415. The van der Waals surface area contributed by atoms with Crippen LogP contribution in [0.2, 0.25) is 0 Å². The van der Waals surface area contributed by atoms with E-state index in [0.717, 1.165) is 5.25 Å². The number of rotatable bonds is 0. The number of allylic oxidation sites excluding steroid dienone is 1. The minimum Gasteiger partial charge on any atom is -0.0644 e. The monoisotopic (exact) mass is 243 g/mol. The van der Waals surface area contributed by atoms with Gasteiger partial charge in [0.15, 0.2) is 4.90 Å². The molecule has 2 aliphatic heterocycles. The Labute approximate surface area is 107 Å². The van der Waals surface area contributed by atoms with E-state index in [9.17, 15) is 0 Å². The van der Waals surface area contributed by atoms with Crippen LogP contribution in [0, 0.1) is 0 Å². The Kier molecular flexibility index (Phi) is 2.67. The van der Waals surface area contributed by atoms with Crippen LogP contribution >= 0.6 is 0 Å². The lowest BCUT2D eigenvalue weighted by Crippen LogP contribution is -2.33. The van der Waals surface area contributed by atoms with E-state index >= 15 is 0 Å². The zero-order valence-corrected chi connectivity index (χ0v) is 11.6. The molecule has 17 heavy (non-hydrogen) atoms. The van der Waals surface area contributed by atoms with Gasteiger partial charge in [0, 0.05) is 22.9 Å². The maximum absolute atomic E-state index is 2.40. The fourth-order valence-corrected chi connectivity index (χ4v) is 5.83. The molecule has 2 atom stereocenters. The lowest BCUT2D eigenvalue weighted by atomic mass is 10.00. The van der Waals surface area contributed by atoms with E-state index < -0.39 is 0 Å². The van der Waals surface area contributed by atoms with Crippen LogP contribution in [0.15, 0.2) is 45.9 Å². The fourth-order valence-electron chi connectivity index (χ4n) is 2.80. The summed E-state index contributed by atoms with van der Waals surface area (Å²) in [6.45, 7) is 6.94. The summed E-state index contributed by atoms with van der Waals surface area (Å²) >= 11 is 0. The van der Waals surface area contributed by atoms with Crippen LogP contribution in [-0.2, 0) is 10.9 Å². The Morgan fingerprint density at radius 2 is 1.82 bits per heavy atom. The van der Waals surface area contributed by atoms with Gasteiger partial charge in [-0.15, -0.1) is 0 Å². The standard InChI is InChI=1S/C16H19S/c1-11-9-16-12(2)8-14-6-4-5-7-15(14)17(16)10-13(11)3/h4-8,16H,9-10H2,1-3H3/q+1. The minimum absolute atomic E-state index is 0.415. The molecule has 0 spiro atoms. The molecule has 88 valence electrons. The molecule has 0 fully saturated rings. The van der Waals surface area contributed by atoms with Crippen molar-refractivity contribution in [3.63, 3.8) is 0 Å². The van der Waals surface area contributed by atoms with E-state index in [1.54, 1.807) is 21.6 Å². The van der Waals surface area contributed by atoms with Crippen LogP contribution in [0.1, 0.15) is 32.8 Å². The average Bonchev–Trinajstić information content (AvgIpc) is 2.32. The zero-order chi connectivity index (χ0) is 12.0. The van der Waals surface area contributed by atoms with Gasteiger partial charge in [-0.2, -0.15) is 0 Å². The molecule has 0 saturated heterocycles. The lowest BCUT2D eigenvalue weighted by molar-refractivity contribution is 0.893. The molecule has 0 saturated carbocycles. The molecule has 0 bridgehead atoms. The summed E-state index contributed by atoms with van der Waals surface area (Å²) in [6.07, 6.45) is 3.67. The first kappa shape index (κ1) is 11.2. The first-order chi connectivity index (χ1) is 8.16. The van der Waals surface area contributed by atoms with Crippen molar-refractivity contribution in [3.8, 4) is 0 Å². The van der Waals surface area contributed by atoms with Crippen LogP contribution in [0.25, 0.3) is 6.08 Å². The zero-order valence-electron chi connectivity index (χ0n) is 10.8. The van der Waals surface area contributed by atoms with E-state index in [2.05, 4.69) is 51.1 Å². The molecular formula is C16H19S+. The second kappa shape index (κ2) is 4.06. The summed E-state index contributed by atoms with van der Waals surface area (Å²) in [6, 6.07) is 8.95. The van der Waals surface area contributed by atoms with Crippen LogP contribution in [0.3, 0.4) is 0 Å². The first-order valence-electron chi connectivity index (χ1n) is 6.29. The number of hydrogen-bond donors (Lipinski definition) is 0. The Bertz CT molecular complexity index is 522. The van der Waals surface area contributed by atoms with Crippen LogP contribution in [-0.4, -0.2) is 11.0 Å². The Balaban J connectivity index is 2.11. The van der Waals surface area contributed by atoms with Crippen LogP contribution in [0.4, 0.5) is 0 Å². The van der Waals surface area contributed by atoms with E-state index in [4.69, 9.17) is 0 Å². The van der Waals surface area contributed by atoms with E-state index in [0.29, 0.717) is 10.9 Å². The number of hydrogen-bond acceptors (Lipinski definition) is 0. The van der Waals surface area contributed by atoms with Crippen molar-refractivity contribution in [2.24, 2.45) is 0 Å². The smallest absolute Gasteiger partial charge is 0.0644 e. The normalized spacial score (nSPS) is 27.4. The summed E-state index contributed by atoms with van der Waals surface area (Å²) in [5.41, 5.74) is 6.27.